The molecule has 3 rings (SSSR count). The van der Waals surface area contributed by atoms with Gasteiger partial charge in [-0.3, -0.25) is 9.59 Å². The van der Waals surface area contributed by atoms with E-state index in [1.807, 2.05) is 0 Å². The molecule has 1 aliphatic rings. The lowest BCUT2D eigenvalue weighted by atomic mass is 10.0. The predicted octanol–water partition coefficient (Wildman–Crippen LogP) is 6.27. The third kappa shape index (κ3) is 4.25. The van der Waals surface area contributed by atoms with Crippen LogP contribution in [0, 0.1) is 23.4 Å². The maximum Gasteiger partial charge on any atom is 0.231 e. The van der Waals surface area contributed by atoms with Gasteiger partial charge in [0, 0.05) is 24.1 Å². The van der Waals surface area contributed by atoms with Crippen molar-refractivity contribution in [1.82, 2.24) is 0 Å². The normalized spacial score (nSPS) is 19.7. The molecule has 3 nitrogen and oxygen atoms in total. The summed E-state index contributed by atoms with van der Waals surface area (Å²) in [6.45, 7) is 1.73. The molecular formula is C20H15Cl3F3NO2. The topological polar surface area (TPSA) is 46.2 Å². The lowest BCUT2D eigenvalue weighted by Gasteiger charge is -2.09. The number of anilines is 1. The number of carbonyl (C=O) groups is 2. The van der Waals surface area contributed by atoms with Crippen molar-refractivity contribution in [2.45, 2.75) is 30.0 Å². The number of benzene rings is 2. The highest BCUT2D eigenvalue weighted by atomic mass is 35.5. The van der Waals surface area contributed by atoms with E-state index in [1.165, 1.54) is 12.1 Å². The molecule has 0 bridgehead atoms. The highest BCUT2D eigenvalue weighted by Gasteiger charge is 2.67. The van der Waals surface area contributed by atoms with Crippen molar-refractivity contribution < 1.29 is 22.8 Å². The number of ketones is 1. The van der Waals surface area contributed by atoms with Crippen molar-refractivity contribution in [3.05, 3.63) is 63.9 Å². The van der Waals surface area contributed by atoms with Crippen LogP contribution in [0.1, 0.15) is 41.6 Å². The number of halogens is 6. The van der Waals surface area contributed by atoms with Crippen LogP contribution < -0.4 is 5.32 Å². The molecule has 1 aliphatic carbocycles. The van der Waals surface area contributed by atoms with Gasteiger partial charge in [-0.05, 0) is 30.2 Å². The summed E-state index contributed by atoms with van der Waals surface area (Å²) < 4.78 is 39.7. The summed E-state index contributed by atoms with van der Waals surface area (Å²) in [5.41, 5.74) is -0.0752. The van der Waals surface area contributed by atoms with E-state index in [-0.39, 0.29) is 17.1 Å². The van der Waals surface area contributed by atoms with Gasteiger partial charge >= 0.3 is 0 Å². The molecule has 0 spiro atoms. The Hall–Kier alpha value is -1.76. The second-order valence-electron chi connectivity index (χ2n) is 6.79. The minimum atomic E-state index is -1.48. The number of carbonyl (C=O) groups excluding carboxylic acids is 2. The Morgan fingerprint density at radius 2 is 1.79 bits per heavy atom. The van der Waals surface area contributed by atoms with Crippen LogP contribution in [-0.4, -0.2) is 16.0 Å². The molecule has 1 N–H and O–H groups in total. The van der Waals surface area contributed by atoms with Crippen molar-refractivity contribution in [1.29, 1.82) is 0 Å². The fraction of sp³-hybridized carbons (Fsp3) is 0.300. The molecule has 1 fully saturated rings. The van der Waals surface area contributed by atoms with Gasteiger partial charge in [0.05, 0.1) is 16.5 Å². The number of alkyl halides is 2. The van der Waals surface area contributed by atoms with Crippen LogP contribution in [0.4, 0.5) is 18.9 Å². The van der Waals surface area contributed by atoms with Crippen LogP contribution in [-0.2, 0) is 4.79 Å². The van der Waals surface area contributed by atoms with Gasteiger partial charge in [-0.2, -0.15) is 0 Å². The second kappa shape index (κ2) is 8.17. The van der Waals surface area contributed by atoms with Gasteiger partial charge in [-0.25, -0.2) is 13.2 Å². The van der Waals surface area contributed by atoms with Crippen LogP contribution in [0.2, 0.25) is 5.02 Å². The molecule has 2 aromatic carbocycles. The average Bonchev–Trinajstić information content (AvgIpc) is 3.22. The van der Waals surface area contributed by atoms with E-state index in [9.17, 15) is 22.8 Å². The molecule has 0 radical (unpaired) electrons. The highest BCUT2D eigenvalue weighted by molar-refractivity contribution is 6.53. The maximum atomic E-state index is 13.9. The van der Waals surface area contributed by atoms with Crippen LogP contribution in [0.15, 0.2) is 30.3 Å². The Balaban J connectivity index is 1.83. The second-order valence-corrected chi connectivity index (χ2v) is 8.64. The van der Waals surface area contributed by atoms with E-state index in [0.717, 1.165) is 18.2 Å². The minimum absolute atomic E-state index is 0.0380. The van der Waals surface area contributed by atoms with E-state index in [2.05, 4.69) is 5.32 Å². The van der Waals surface area contributed by atoms with E-state index >= 15 is 0 Å². The molecule has 1 saturated carbocycles. The molecular weight excluding hydrogens is 450 g/mol. The summed E-state index contributed by atoms with van der Waals surface area (Å²) in [6.07, 6.45) is 0.498. The van der Waals surface area contributed by atoms with Gasteiger partial charge in [0.1, 0.15) is 10.2 Å². The first-order valence-electron chi connectivity index (χ1n) is 8.73. The van der Waals surface area contributed by atoms with Crippen molar-refractivity contribution >= 4 is 52.2 Å². The number of rotatable bonds is 6. The quantitative estimate of drug-likeness (QED) is 0.405. The van der Waals surface area contributed by atoms with Gasteiger partial charge < -0.3 is 5.32 Å². The number of nitrogens with one attached hydrogen (secondary N) is 1. The Labute approximate surface area is 180 Å². The van der Waals surface area contributed by atoms with Crippen molar-refractivity contribution in [3.63, 3.8) is 0 Å². The van der Waals surface area contributed by atoms with Crippen LogP contribution >= 0.6 is 34.8 Å². The van der Waals surface area contributed by atoms with Crippen molar-refractivity contribution in [3.8, 4) is 0 Å². The number of amides is 1. The molecule has 1 amide bonds. The Morgan fingerprint density at radius 1 is 1.10 bits per heavy atom. The fourth-order valence-corrected chi connectivity index (χ4v) is 4.24. The van der Waals surface area contributed by atoms with Crippen LogP contribution in [0.3, 0.4) is 0 Å². The zero-order chi connectivity index (χ0) is 21.5. The SMILES string of the molecule is CCCC(=O)c1cc(NC(=O)C2C(c3ccc(F)c(Cl)c3)C2(Cl)Cl)cc(F)c1F. The molecule has 0 heterocycles. The van der Waals surface area contributed by atoms with Gasteiger partial charge in [0.25, 0.3) is 0 Å². The third-order valence-corrected chi connectivity index (χ3v) is 5.94. The largest absolute Gasteiger partial charge is 0.326 e. The van der Waals surface area contributed by atoms with Gasteiger partial charge in [-0.15, -0.1) is 23.2 Å². The lowest BCUT2D eigenvalue weighted by Crippen LogP contribution is -2.18. The fourth-order valence-electron chi connectivity index (χ4n) is 3.22. The third-order valence-electron chi connectivity index (χ3n) is 4.71. The van der Waals surface area contributed by atoms with E-state index in [1.54, 1.807) is 6.92 Å². The van der Waals surface area contributed by atoms with Gasteiger partial charge in [0.2, 0.25) is 5.91 Å². The summed E-state index contributed by atoms with van der Waals surface area (Å²) in [4.78, 5) is 24.6. The number of hydrogen-bond acceptors (Lipinski definition) is 2. The van der Waals surface area contributed by atoms with E-state index < -0.39 is 50.9 Å². The maximum absolute atomic E-state index is 13.9. The number of Topliss-reactive ketones (excluding diaryl/α,β-unsaturated/α-hetero) is 1. The van der Waals surface area contributed by atoms with Crippen LogP contribution in [0.25, 0.3) is 0 Å². The Kier molecular flexibility index (Phi) is 6.18. The standard InChI is InChI=1S/C20H15Cl3F3NO2/c1-2-3-15(28)11-7-10(8-14(25)18(11)26)27-19(29)17-16(20(17,22)23)9-4-5-13(24)12(21)6-9/h4-8,16-17H,2-3H2,1H3,(H,27,29). The summed E-state index contributed by atoms with van der Waals surface area (Å²) in [6, 6.07) is 5.72. The van der Waals surface area contributed by atoms with Crippen molar-refractivity contribution in [2.75, 3.05) is 5.32 Å². The van der Waals surface area contributed by atoms with Gasteiger partial charge in [0.15, 0.2) is 17.4 Å². The summed E-state index contributed by atoms with van der Waals surface area (Å²) >= 11 is 18.2. The number of hydrogen-bond donors (Lipinski definition) is 1. The summed E-state index contributed by atoms with van der Waals surface area (Å²) in [7, 11) is 0. The predicted molar refractivity (Wildman–Crippen MR) is 106 cm³/mol. The Morgan fingerprint density at radius 3 is 2.41 bits per heavy atom. The first-order valence-corrected chi connectivity index (χ1v) is 9.87. The first kappa shape index (κ1) is 21.9. The molecule has 2 atom stereocenters. The first-order chi connectivity index (χ1) is 13.6. The zero-order valence-corrected chi connectivity index (χ0v) is 17.3. The molecule has 0 saturated heterocycles. The lowest BCUT2D eigenvalue weighted by molar-refractivity contribution is -0.117. The Bertz CT molecular complexity index is 997. The highest BCUT2D eigenvalue weighted by Crippen LogP contribution is 2.65. The van der Waals surface area contributed by atoms with Crippen molar-refractivity contribution in [2.24, 2.45) is 5.92 Å². The molecule has 2 unspecified atom stereocenters. The molecule has 2 aromatic rings. The molecule has 0 aliphatic heterocycles. The van der Waals surface area contributed by atoms with E-state index in [0.29, 0.717) is 12.0 Å². The molecule has 9 heteroatoms. The molecule has 29 heavy (non-hydrogen) atoms. The monoisotopic (exact) mass is 463 g/mol. The molecule has 154 valence electrons. The minimum Gasteiger partial charge on any atom is -0.326 e. The molecule has 0 aromatic heterocycles. The van der Waals surface area contributed by atoms with Gasteiger partial charge in [-0.1, -0.05) is 24.6 Å². The van der Waals surface area contributed by atoms with Crippen LogP contribution in [0.5, 0.6) is 0 Å². The smallest absolute Gasteiger partial charge is 0.231 e. The average molecular weight is 465 g/mol. The van der Waals surface area contributed by atoms with E-state index in [4.69, 9.17) is 34.8 Å². The zero-order valence-electron chi connectivity index (χ0n) is 15.0. The summed E-state index contributed by atoms with van der Waals surface area (Å²) in [5, 5.41) is 2.28. The summed E-state index contributed by atoms with van der Waals surface area (Å²) in [5.74, 6) is -5.99.